The number of aromatic nitrogens is 3. The molecular weight excluding hydrogens is 368 g/mol. The lowest BCUT2D eigenvalue weighted by Gasteiger charge is -2.24. The monoisotopic (exact) mass is 390 g/mol. The molecule has 0 N–H and O–H groups in total. The average Bonchev–Trinajstić information content (AvgIpc) is 3.37. The number of nitrogens with zero attached hydrogens (tertiary/aromatic N) is 4. The van der Waals surface area contributed by atoms with Crippen LogP contribution in [0.1, 0.15) is 38.3 Å². The van der Waals surface area contributed by atoms with E-state index in [1.807, 2.05) is 49.4 Å². The number of amides is 1. The van der Waals surface area contributed by atoms with Crippen LogP contribution in [0.2, 0.25) is 0 Å². The fourth-order valence-electron chi connectivity index (χ4n) is 3.11. The fraction of sp³-hybridized carbons (Fsp3) is 0.227. The lowest BCUT2D eigenvalue weighted by molar-refractivity contribution is -0.120. The van der Waals surface area contributed by atoms with Gasteiger partial charge in [-0.25, -0.2) is 4.98 Å². The maximum absolute atomic E-state index is 13.5. The molecule has 28 heavy (non-hydrogen) atoms. The molecule has 0 bridgehead atoms. The first kappa shape index (κ1) is 18.4. The Kier molecular flexibility index (Phi) is 4.96. The Morgan fingerprint density at radius 2 is 1.79 bits per heavy atom. The molecule has 4 rings (SSSR count). The molecule has 0 saturated heterocycles. The number of hydrogen-bond donors (Lipinski definition) is 0. The smallest absolute Gasteiger partial charge is 0.257 e. The summed E-state index contributed by atoms with van der Waals surface area (Å²) in [7, 11) is 0. The van der Waals surface area contributed by atoms with Gasteiger partial charge in [0.2, 0.25) is 0 Å². The number of rotatable bonds is 5. The Morgan fingerprint density at radius 3 is 2.43 bits per heavy atom. The standard InChI is InChI=1S/C22H22N4OS/c1-15(2)17-9-11-18(12-10-17)26(21(27)16(3)25-14-6-13-23-25)22-24-19-7-4-5-8-20(19)28-22/h4-16H,1-3H3. The molecule has 5 nitrogen and oxygen atoms in total. The van der Waals surface area contributed by atoms with Gasteiger partial charge < -0.3 is 0 Å². The quantitative estimate of drug-likeness (QED) is 0.449. The molecule has 0 aliphatic heterocycles. The number of carbonyl (C=O) groups is 1. The van der Waals surface area contributed by atoms with Crippen LogP contribution in [0.3, 0.4) is 0 Å². The van der Waals surface area contributed by atoms with Crippen LogP contribution in [0.15, 0.2) is 67.0 Å². The SMILES string of the molecule is CC(C)c1ccc(N(C(=O)C(C)n2cccn2)c2nc3ccccc3s2)cc1. The first-order valence-corrected chi connectivity index (χ1v) is 10.1. The zero-order valence-corrected chi connectivity index (χ0v) is 16.9. The zero-order chi connectivity index (χ0) is 19.7. The summed E-state index contributed by atoms with van der Waals surface area (Å²) in [6, 6.07) is 17.5. The van der Waals surface area contributed by atoms with Crippen molar-refractivity contribution in [3.05, 3.63) is 72.6 Å². The Labute approximate surface area is 168 Å². The number of carbonyl (C=O) groups excluding carboxylic acids is 1. The molecule has 2 aromatic carbocycles. The van der Waals surface area contributed by atoms with E-state index in [0.29, 0.717) is 11.0 Å². The number of benzene rings is 2. The summed E-state index contributed by atoms with van der Waals surface area (Å²) >= 11 is 1.52. The summed E-state index contributed by atoms with van der Waals surface area (Å²) < 4.78 is 2.73. The van der Waals surface area contributed by atoms with Crippen molar-refractivity contribution in [1.82, 2.24) is 14.8 Å². The van der Waals surface area contributed by atoms with Crippen LogP contribution in [-0.4, -0.2) is 20.7 Å². The second-order valence-corrected chi connectivity index (χ2v) is 8.06. The molecule has 2 aromatic heterocycles. The summed E-state index contributed by atoms with van der Waals surface area (Å²) in [5.74, 6) is 0.365. The van der Waals surface area contributed by atoms with Crippen LogP contribution in [0.4, 0.5) is 10.8 Å². The predicted molar refractivity (Wildman–Crippen MR) is 114 cm³/mol. The summed E-state index contributed by atoms with van der Waals surface area (Å²) in [4.78, 5) is 19.9. The third-order valence-corrected chi connectivity index (χ3v) is 5.81. The van der Waals surface area contributed by atoms with Gasteiger partial charge in [0, 0.05) is 12.4 Å². The maximum Gasteiger partial charge on any atom is 0.257 e. The summed E-state index contributed by atoms with van der Waals surface area (Å²) in [5.41, 5.74) is 2.94. The van der Waals surface area contributed by atoms with Crippen molar-refractivity contribution in [2.45, 2.75) is 32.7 Å². The van der Waals surface area contributed by atoms with E-state index >= 15 is 0 Å². The Balaban J connectivity index is 1.79. The first-order valence-electron chi connectivity index (χ1n) is 9.33. The van der Waals surface area contributed by atoms with E-state index in [9.17, 15) is 4.79 Å². The van der Waals surface area contributed by atoms with Crippen LogP contribution in [-0.2, 0) is 4.79 Å². The van der Waals surface area contributed by atoms with Gasteiger partial charge in [0.05, 0.1) is 15.9 Å². The minimum Gasteiger partial charge on any atom is -0.272 e. The molecule has 142 valence electrons. The van der Waals surface area contributed by atoms with Crippen molar-refractivity contribution in [1.29, 1.82) is 0 Å². The number of anilines is 2. The van der Waals surface area contributed by atoms with Crippen molar-refractivity contribution < 1.29 is 4.79 Å². The van der Waals surface area contributed by atoms with Gasteiger partial charge in [0.25, 0.3) is 5.91 Å². The highest BCUT2D eigenvalue weighted by atomic mass is 32.1. The molecule has 4 aromatic rings. The van der Waals surface area contributed by atoms with Gasteiger partial charge in [-0.15, -0.1) is 0 Å². The number of hydrogen-bond acceptors (Lipinski definition) is 4. The Morgan fingerprint density at radius 1 is 1.04 bits per heavy atom. The van der Waals surface area contributed by atoms with Crippen molar-refractivity contribution in [2.75, 3.05) is 4.90 Å². The van der Waals surface area contributed by atoms with Crippen molar-refractivity contribution >= 4 is 38.3 Å². The van der Waals surface area contributed by atoms with E-state index in [2.05, 4.69) is 31.1 Å². The molecule has 0 aliphatic rings. The Hall–Kier alpha value is -2.99. The number of thiazole rings is 1. The fourth-order valence-corrected chi connectivity index (χ4v) is 4.10. The molecule has 0 radical (unpaired) electrons. The van der Waals surface area contributed by atoms with Gasteiger partial charge in [0.1, 0.15) is 6.04 Å². The predicted octanol–water partition coefficient (Wildman–Crippen LogP) is 5.54. The topological polar surface area (TPSA) is 51.0 Å². The van der Waals surface area contributed by atoms with Gasteiger partial charge in [-0.05, 0) is 48.7 Å². The highest BCUT2D eigenvalue weighted by molar-refractivity contribution is 7.22. The molecule has 0 aliphatic carbocycles. The van der Waals surface area contributed by atoms with Crippen molar-refractivity contribution in [2.24, 2.45) is 0 Å². The van der Waals surface area contributed by atoms with Gasteiger partial charge >= 0.3 is 0 Å². The highest BCUT2D eigenvalue weighted by Gasteiger charge is 2.27. The first-order chi connectivity index (χ1) is 13.5. The summed E-state index contributed by atoms with van der Waals surface area (Å²) in [5, 5.41) is 4.91. The van der Waals surface area contributed by atoms with E-state index in [4.69, 9.17) is 4.98 Å². The molecule has 2 heterocycles. The van der Waals surface area contributed by atoms with Gasteiger partial charge in [-0.1, -0.05) is 49.4 Å². The van der Waals surface area contributed by atoms with Crippen LogP contribution < -0.4 is 4.90 Å². The van der Waals surface area contributed by atoms with Crippen LogP contribution in [0, 0.1) is 0 Å². The van der Waals surface area contributed by atoms with Crippen LogP contribution in [0.25, 0.3) is 10.2 Å². The molecule has 6 heteroatoms. The minimum absolute atomic E-state index is 0.0694. The molecule has 0 saturated carbocycles. The maximum atomic E-state index is 13.5. The normalized spacial score (nSPS) is 12.4. The summed E-state index contributed by atoms with van der Waals surface area (Å²) in [6.45, 7) is 6.18. The number of para-hydroxylation sites is 1. The lowest BCUT2D eigenvalue weighted by Crippen LogP contribution is -2.33. The van der Waals surface area contributed by atoms with E-state index in [1.54, 1.807) is 22.0 Å². The van der Waals surface area contributed by atoms with Crippen LogP contribution >= 0.6 is 11.3 Å². The molecule has 0 spiro atoms. The van der Waals surface area contributed by atoms with Crippen molar-refractivity contribution in [3.63, 3.8) is 0 Å². The van der Waals surface area contributed by atoms with E-state index in [1.165, 1.54) is 16.9 Å². The third kappa shape index (κ3) is 3.43. The molecule has 1 atom stereocenters. The van der Waals surface area contributed by atoms with E-state index < -0.39 is 6.04 Å². The molecule has 1 unspecified atom stereocenters. The van der Waals surface area contributed by atoms with Crippen molar-refractivity contribution in [3.8, 4) is 0 Å². The van der Waals surface area contributed by atoms with Gasteiger partial charge in [-0.2, -0.15) is 5.10 Å². The molecular formula is C22H22N4OS. The van der Waals surface area contributed by atoms with E-state index in [-0.39, 0.29) is 5.91 Å². The third-order valence-electron chi connectivity index (χ3n) is 4.79. The van der Waals surface area contributed by atoms with E-state index in [0.717, 1.165) is 15.9 Å². The average molecular weight is 391 g/mol. The largest absolute Gasteiger partial charge is 0.272 e. The van der Waals surface area contributed by atoms with Crippen LogP contribution in [0.5, 0.6) is 0 Å². The zero-order valence-electron chi connectivity index (χ0n) is 16.1. The van der Waals surface area contributed by atoms with Gasteiger partial charge in [-0.3, -0.25) is 14.4 Å². The Bertz CT molecular complexity index is 1050. The second-order valence-electron chi connectivity index (χ2n) is 7.05. The molecule has 1 amide bonds. The van der Waals surface area contributed by atoms with Gasteiger partial charge in [0.15, 0.2) is 5.13 Å². The number of fused-ring (bicyclic) bond motifs is 1. The summed E-state index contributed by atoms with van der Waals surface area (Å²) in [6.07, 6.45) is 3.49. The lowest BCUT2D eigenvalue weighted by atomic mass is 10.0. The second kappa shape index (κ2) is 7.56. The highest BCUT2D eigenvalue weighted by Crippen LogP contribution is 2.35. The molecule has 0 fully saturated rings. The minimum atomic E-state index is -0.438.